The number of hydrogen-bond donors (Lipinski definition) is 0. The molecular formula is C8H18Mo. The predicted molar refractivity (Wildman–Crippen MR) is 39.0 cm³/mol. The first-order valence-corrected chi connectivity index (χ1v) is 3.91. The van der Waals surface area contributed by atoms with E-state index in [1.54, 1.807) is 0 Å². The second-order valence-electron chi connectivity index (χ2n) is 2.41. The van der Waals surface area contributed by atoms with Gasteiger partial charge in [-0.25, -0.2) is 0 Å². The van der Waals surface area contributed by atoms with Crippen LogP contribution in [0.5, 0.6) is 0 Å². The zero-order valence-electron chi connectivity index (χ0n) is 6.65. The number of rotatable bonds is 5. The second kappa shape index (κ2) is 11.5. The Balaban J connectivity index is 0. The van der Waals surface area contributed by atoms with E-state index in [9.17, 15) is 0 Å². The molecule has 0 saturated carbocycles. The van der Waals surface area contributed by atoms with Crippen LogP contribution in [0.25, 0.3) is 0 Å². The van der Waals surface area contributed by atoms with Crippen molar-refractivity contribution in [2.45, 2.75) is 52.4 Å². The number of hydrogen-bond acceptors (Lipinski definition) is 0. The van der Waals surface area contributed by atoms with Gasteiger partial charge < -0.3 is 0 Å². The Hall–Kier alpha value is 0.688. The molecule has 0 aromatic heterocycles. The molecular weight excluding hydrogens is 192 g/mol. The van der Waals surface area contributed by atoms with Gasteiger partial charge in [-0.1, -0.05) is 52.4 Å². The molecule has 0 aliphatic carbocycles. The minimum Gasteiger partial charge on any atom is -0.0654 e. The molecule has 0 aliphatic rings. The van der Waals surface area contributed by atoms with Crippen LogP contribution < -0.4 is 0 Å². The minimum absolute atomic E-state index is 0. The molecule has 0 aromatic carbocycles. The molecule has 0 N–H and O–H groups in total. The minimum atomic E-state index is 0. The topological polar surface area (TPSA) is 0 Å². The summed E-state index contributed by atoms with van der Waals surface area (Å²) in [5, 5.41) is 0. The Morgan fingerprint density at radius 3 is 1.22 bits per heavy atom. The fraction of sp³-hybridized carbons (Fsp3) is 1.00. The van der Waals surface area contributed by atoms with Gasteiger partial charge >= 0.3 is 0 Å². The van der Waals surface area contributed by atoms with Crippen LogP contribution >= 0.6 is 0 Å². The van der Waals surface area contributed by atoms with Gasteiger partial charge in [0.1, 0.15) is 0 Å². The molecule has 0 unspecified atom stereocenters. The molecule has 56 valence electrons. The van der Waals surface area contributed by atoms with E-state index in [0.29, 0.717) is 0 Å². The van der Waals surface area contributed by atoms with E-state index < -0.39 is 0 Å². The molecule has 0 saturated heterocycles. The van der Waals surface area contributed by atoms with Crippen molar-refractivity contribution in [3.63, 3.8) is 0 Å². The van der Waals surface area contributed by atoms with Crippen molar-refractivity contribution in [1.82, 2.24) is 0 Å². The van der Waals surface area contributed by atoms with Crippen LogP contribution in [0.4, 0.5) is 0 Å². The number of unbranched alkanes of at least 4 members (excludes halogenated alkanes) is 5. The summed E-state index contributed by atoms with van der Waals surface area (Å²) in [6.07, 6.45) is 8.49. The molecule has 0 atom stereocenters. The fourth-order valence-corrected chi connectivity index (χ4v) is 0.854. The Kier molecular flexibility index (Phi) is 15.8. The van der Waals surface area contributed by atoms with Gasteiger partial charge in [0, 0.05) is 21.1 Å². The molecule has 1 heteroatoms. The van der Waals surface area contributed by atoms with Gasteiger partial charge in [-0.2, -0.15) is 0 Å². The van der Waals surface area contributed by atoms with Crippen molar-refractivity contribution in [2.24, 2.45) is 0 Å². The Morgan fingerprint density at radius 2 is 1.00 bits per heavy atom. The Bertz CT molecular complexity index is 29.5. The third-order valence-corrected chi connectivity index (χ3v) is 1.46. The molecule has 0 fully saturated rings. The van der Waals surface area contributed by atoms with Crippen LogP contribution in [0, 0.1) is 0 Å². The van der Waals surface area contributed by atoms with Crippen LogP contribution in [-0.4, -0.2) is 0 Å². The van der Waals surface area contributed by atoms with E-state index in [-0.39, 0.29) is 21.1 Å². The van der Waals surface area contributed by atoms with Gasteiger partial charge in [0.05, 0.1) is 0 Å². The van der Waals surface area contributed by atoms with E-state index in [2.05, 4.69) is 13.8 Å². The van der Waals surface area contributed by atoms with Crippen LogP contribution in [-0.2, 0) is 21.1 Å². The van der Waals surface area contributed by atoms with E-state index in [0.717, 1.165) is 0 Å². The third kappa shape index (κ3) is 12.0. The summed E-state index contributed by atoms with van der Waals surface area (Å²) in [6.45, 7) is 4.51. The quantitative estimate of drug-likeness (QED) is 0.482. The van der Waals surface area contributed by atoms with Gasteiger partial charge in [0.15, 0.2) is 0 Å². The first-order chi connectivity index (χ1) is 3.91. The predicted octanol–water partition coefficient (Wildman–Crippen LogP) is 3.36. The van der Waals surface area contributed by atoms with Gasteiger partial charge in [-0.15, -0.1) is 0 Å². The monoisotopic (exact) mass is 212 g/mol. The van der Waals surface area contributed by atoms with Gasteiger partial charge in [-0.3, -0.25) is 0 Å². The van der Waals surface area contributed by atoms with Crippen LogP contribution in [0.3, 0.4) is 0 Å². The van der Waals surface area contributed by atoms with Crippen molar-refractivity contribution in [2.75, 3.05) is 0 Å². The molecule has 0 radical (unpaired) electrons. The van der Waals surface area contributed by atoms with E-state index in [4.69, 9.17) is 0 Å². The summed E-state index contributed by atoms with van der Waals surface area (Å²) in [7, 11) is 0. The van der Waals surface area contributed by atoms with Crippen molar-refractivity contribution >= 4 is 0 Å². The SMILES string of the molecule is CCCCCCCC.[Mo]. The first-order valence-electron chi connectivity index (χ1n) is 3.91. The summed E-state index contributed by atoms with van der Waals surface area (Å²) >= 11 is 0. The molecule has 0 heterocycles. The van der Waals surface area contributed by atoms with E-state index >= 15 is 0 Å². The summed E-state index contributed by atoms with van der Waals surface area (Å²) < 4.78 is 0. The van der Waals surface area contributed by atoms with E-state index in [1.165, 1.54) is 38.5 Å². The molecule has 0 rings (SSSR count). The first kappa shape index (κ1) is 12.4. The van der Waals surface area contributed by atoms with E-state index in [1.807, 2.05) is 0 Å². The van der Waals surface area contributed by atoms with Gasteiger partial charge in [-0.05, 0) is 0 Å². The average Bonchev–Trinajstić information content (AvgIpc) is 1.81. The molecule has 0 spiro atoms. The maximum Gasteiger partial charge on any atom is 0 e. The zero-order chi connectivity index (χ0) is 6.24. The standard InChI is InChI=1S/C8H18.Mo/c1-3-5-7-8-6-4-2;/h3-8H2,1-2H3;. The average molecular weight is 210 g/mol. The Labute approximate surface area is 73.7 Å². The Morgan fingerprint density at radius 1 is 0.667 bits per heavy atom. The fourth-order valence-electron chi connectivity index (χ4n) is 0.854. The summed E-state index contributed by atoms with van der Waals surface area (Å²) in [5.41, 5.74) is 0. The summed E-state index contributed by atoms with van der Waals surface area (Å²) in [4.78, 5) is 0. The van der Waals surface area contributed by atoms with Crippen molar-refractivity contribution in [3.05, 3.63) is 0 Å². The molecule has 0 amide bonds. The smallest absolute Gasteiger partial charge is 0 e. The van der Waals surface area contributed by atoms with Crippen molar-refractivity contribution < 1.29 is 21.1 Å². The summed E-state index contributed by atoms with van der Waals surface area (Å²) in [6, 6.07) is 0. The van der Waals surface area contributed by atoms with Crippen LogP contribution in [0.1, 0.15) is 52.4 Å². The zero-order valence-corrected chi connectivity index (χ0v) is 8.66. The molecule has 0 aliphatic heterocycles. The summed E-state index contributed by atoms with van der Waals surface area (Å²) in [5.74, 6) is 0. The van der Waals surface area contributed by atoms with Crippen LogP contribution in [0.2, 0.25) is 0 Å². The second-order valence-corrected chi connectivity index (χ2v) is 2.41. The molecule has 0 aromatic rings. The maximum atomic E-state index is 2.26. The maximum absolute atomic E-state index is 2.26. The molecule has 9 heavy (non-hydrogen) atoms. The molecule has 0 bridgehead atoms. The largest absolute Gasteiger partial charge is 0.0654 e. The molecule has 0 nitrogen and oxygen atoms in total. The van der Waals surface area contributed by atoms with Gasteiger partial charge in [0.25, 0.3) is 0 Å². The van der Waals surface area contributed by atoms with Gasteiger partial charge in [0.2, 0.25) is 0 Å². The normalized spacial score (nSPS) is 8.67. The van der Waals surface area contributed by atoms with Crippen molar-refractivity contribution in [1.29, 1.82) is 0 Å². The third-order valence-electron chi connectivity index (χ3n) is 1.46. The van der Waals surface area contributed by atoms with Crippen LogP contribution in [0.15, 0.2) is 0 Å². The van der Waals surface area contributed by atoms with Crippen molar-refractivity contribution in [3.8, 4) is 0 Å².